The van der Waals surface area contributed by atoms with Crippen LogP contribution in [0.15, 0.2) is 78.0 Å². The molecule has 1 aromatic heterocycles. The number of carbonyl (C=O) groups is 1. The Morgan fingerprint density at radius 1 is 1.14 bits per heavy atom. The van der Waals surface area contributed by atoms with Gasteiger partial charge in [0.25, 0.3) is 0 Å². The van der Waals surface area contributed by atoms with Crippen LogP contribution in [0.3, 0.4) is 0 Å². The van der Waals surface area contributed by atoms with E-state index in [1.807, 2.05) is 49.4 Å². The van der Waals surface area contributed by atoms with Crippen molar-refractivity contribution in [1.82, 2.24) is 20.1 Å². The maximum atomic E-state index is 12.7. The SMILES string of the molecule is CCc1ccc(C)cc1N1C(=O)CSC1=NC(=S)NCCc1cccc(-c2ncn(-c3ccc(OC(F)(F)F)cc3)n2)c1. The number of thiocarbonyl (C=S) groups is 1. The highest BCUT2D eigenvalue weighted by atomic mass is 32.2. The molecular formula is C30H27F3N6O2S2. The molecular weight excluding hydrogens is 597 g/mol. The first-order valence-electron chi connectivity index (χ1n) is 13.4. The Hall–Kier alpha value is -4.23. The van der Waals surface area contributed by atoms with Gasteiger partial charge in [-0.25, -0.2) is 9.67 Å². The molecule has 3 aromatic carbocycles. The van der Waals surface area contributed by atoms with Crippen LogP contribution in [0.25, 0.3) is 17.1 Å². The van der Waals surface area contributed by atoms with E-state index in [9.17, 15) is 18.0 Å². The van der Waals surface area contributed by atoms with Crippen LogP contribution in [-0.2, 0) is 17.6 Å². The molecule has 5 rings (SSSR count). The van der Waals surface area contributed by atoms with E-state index in [1.165, 1.54) is 47.0 Å². The van der Waals surface area contributed by atoms with Crippen LogP contribution >= 0.6 is 24.0 Å². The van der Waals surface area contributed by atoms with Crippen molar-refractivity contribution < 1.29 is 22.7 Å². The normalized spacial score (nSPS) is 14.4. The maximum absolute atomic E-state index is 12.7. The number of halogens is 3. The van der Waals surface area contributed by atoms with Gasteiger partial charge in [0, 0.05) is 12.1 Å². The molecule has 43 heavy (non-hydrogen) atoms. The van der Waals surface area contributed by atoms with Gasteiger partial charge in [0.1, 0.15) is 12.1 Å². The summed E-state index contributed by atoms with van der Waals surface area (Å²) in [6, 6.07) is 19.2. The molecule has 4 aromatic rings. The summed E-state index contributed by atoms with van der Waals surface area (Å²) in [5.74, 6) is 0.450. The number of carbonyl (C=O) groups excluding carboxylic acids is 1. The van der Waals surface area contributed by atoms with E-state index in [1.54, 1.807) is 4.90 Å². The molecule has 8 nitrogen and oxygen atoms in total. The monoisotopic (exact) mass is 624 g/mol. The molecule has 0 spiro atoms. The van der Waals surface area contributed by atoms with Crippen molar-refractivity contribution >= 4 is 45.9 Å². The van der Waals surface area contributed by atoms with E-state index in [4.69, 9.17) is 12.2 Å². The number of aromatic nitrogens is 3. The number of thioether (sulfide) groups is 1. The molecule has 222 valence electrons. The quantitative estimate of drug-likeness (QED) is 0.232. The molecule has 0 atom stereocenters. The molecule has 1 aliphatic heterocycles. The first-order valence-corrected chi connectivity index (χ1v) is 14.8. The van der Waals surface area contributed by atoms with Crippen molar-refractivity contribution in [2.24, 2.45) is 4.99 Å². The molecule has 1 amide bonds. The summed E-state index contributed by atoms with van der Waals surface area (Å²) in [7, 11) is 0. The molecule has 13 heteroatoms. The highest BCUT2D eigenvalue weighted by Gasteiger charge is 2.32. The third kappa shape index (κ3) is 7.59. The standard InChI is InChI=1S/C30H27F3N6O2S2/c1-3-21-8-7-19(2)15-25(21)39-26(40)17-43-29(39)36-28(42)34-14-13-20-5-4-6-22(16-20)27-35-18-38(37-27)23-9-11-24(12-10-23)41-30(31,32)33/h4-12,15-16,18H,3,13-14,17H2,1-2H3,(H,34,42). The number of amidine groups is 1. The summed E-state index contributed by atoms with van der Waals surface area (Å²) in [4.78, 5) is 23.3. The fraction of sp³-hybridized carbons (Fsp3) is 0.233. The predicted molar refractivity (Wildman–Crippen MR) is 166 cm³/mol. The molecule has 0 saturated carbocycles. The Bertz CT molecular complexity index is 1670. The third-order valence-electron chi connectivity index (χ3n) is 6.53. The highest BCUT2D eigenvalue weighted by molar-refractivity contribution is 8.15. The lowest BCUT2D eigenvalue weighted by molar-refractivity contribution is -0.274. The lowest BCUT2D eigenvalue weighted by Gasteiger charge is -2.20. The fourth-order valence-electron chi connectivity index (χ4n) is 4.49. The van der Waals surface area contributed by atoms with Gasteiger partial charge in [-0.1, -0.05) is 49.0 Å². The average molecular weight is 625 g/mol. The summed E-state index contributed by atoms with van der Waals surface area (Å²) in [6.07, 6.45) is -1.81. The van der Waals surface area contributed by atoms with Gasteiger partial charge in [0.05, 0.1) is 17.1 Å². The Kier molecular flexibility index (Phi) is 9.11. The molecule has 0 unspecified atom stereocenters. The zero-order chi connectivity index (χ0) is 30.6. The van der Waals surface area contributed by atoms with Crippen LogP contribution in [0.2, 0.25) is 0 Å². The second-order valence-electron chi connectivity index (χ2n) is 9.63. The molecule has 0 bridgehead atoms. The molecule has 0 aliphatic carbocycles. The Labute approximate surface area is 256 Å². The van der Waals surface area contributed by atoms with Gasteiger partial charge < -0.3 is 10.1 Å². The first-order chi connectivity index (χ1) is 20.6. The second-order valence-corrected chi connectivity index (χ2v) is 11.0. The van der Waals surface area contributed by atoms with Gasteiger partial charge in [-0.2, -0.15) is 4.99 Å². The number of aryl methyl sites for hydroxylation is 2. The number of nitrogens with zero attached hydrogens (tertiary/aromatic N) is 5. The Morgan fingerprint density at radius 2 is 1.93 bits per heavy atom. The first kappa shape index (κ1) is 30.2. The van der Waals surface area contributed by atoms with Crippen molar-refractivity contribution in [1.29, 1.82) is 0 Å². The topological polar surface area (TPSA) is 84.6 Å². The van der Waals surface area contributed by atoms with Crippen LogP contribution < -0.4 is 15.0 Å². The van der Waals surface area contributed by atoms with Crippen molar-refractivity contribution in [3.63, 3.8) is 0 Å². The molecule has 1 fully saturated rings. The summed E-state index contributed by atoms with van der Waals surface area (Å²) >= 11 is 6.85. The minimum Gasteiger partial charge on any atom is -0.406 e. The number of anilines is 1. The maximum Gasteiger partial charge on any atom is 0.573 e. The zero-order valence-corrected chi connectivity index (χ0v) is 24.9. The minimum atomic E-state index is -4.75. The van der Waals surface area contributed by atoms with Crippen molar-refractivity contribution in [2.75, 3.05) is 17.2 Å². The predicted octanol–water partition coefficient (Wildman–Crippen LogP) is 6.26. The van der Waals surface area contributed by atoms with E-state index in [-0.39, 0.29) is 11.7 Å². The number of hydrogen-bond acceptors (Lipinski definition) is 6. The number of benzene rings is 3. The van der Waals surface area contributed by atoms with E-state index in [0.717, 1.165) is 34.4 Å². The highest BCUT2D eigenvalue weighted by Crippen LogP contribution is 2.31. The molecule has 1 saturated heterocycles. The number of rotatable bonds is 8. The fourth-order valence-corrected chi connectivity index (χ4v) is 5.60. The molecule has 1 aliphatic rings. The van der Waals surface area contributed by atoms with Crippen LogP contribution in [0.1, 0.15) is 23.6 Å². The third-order valence-corrected chi connectivity index (χ3v) is 7.69. The minimum absolute atomic E-state index is 0.0211. The molecule has 2 heterocycles. The number of ether oxygens (including phenoxy) is 1. The van der Waals surface area contributed by atoms with Gasteiger partial charge in [0.15, 0.2) is 16.1 Å². The van der Waals surface area contributed by atoms with E-state index in [2.05, 4.69) is 32.1 Å². The number of nitrogens with one attached hydrogen (secondary N) is 1. The van der Waals surface area contributed by atoms with E-state index >= 15 is 0 Å². The largest absolute Gasteiger partial charge is 0.573 e. The molecule has 0 radical (unpaired) electrons. The Balaban J connectivity index is 1.20. The van der Waals surface area contributed by atoms with Gasteiger partial charge in [-0.05, 0) is 85.1 Å². The van der Waals surface area contributed by atoms with Crippen molar-refractivity contribution in [2.45, 2.75) is 33.1 Å². The lowest BCUT2D eigenvalue weighted by Crippen LogP contribution is -2.32. The average Bonchev–Trinajstić information content (AvgIpc) is 3.60. The van der Waals surface area contributed by atoms with E-state index in [0.29, 0.717) is 40.5 Å². The van der Waals surface area contributed by atoms with Crippen LogP contribution in [-0.4, -0.2) is 49.6 Å². The number of alkyl halides is 3. The molecule has 1 N–H and O–H groups in total. The summed E-state index contributed by atoms with van der Waals surface area (Å²) in [6.45, 7) is 4.58. The van der Waals surface area contributed by atoms with E-state index < -0.39 is 6.36 Å². The van der Waals surface area contributed by atoms with Gasteiger partial charge in [-0.3, -0.25) is 9.69 Å². The second kappa shape index (κ2) is 13.0. The number of aliphatic imine (C=N–C) groups is 1. The Morgan fingerprint density at radius 3 is 2.67 bits per heavy atom. The van der Waals surface area contributed by atoms with Crippen LogP contribution in [0, 0.1) is 6.92 Å². The van der Waals surface area contributed by atoms with Crippen molar-refractivity contribution in [3.8, 4) is 22.8 Å². The summed E-state index contributed by atoms with van der Waals surface area (Å²) in [5, 5.41) is 8.50. The van der Waals surface area contributed by atoms with Crippen molar-refractivity contribution in [3.05, 3.63) is 89.7 Å². The van der Waals surface area contributed by atoms with Crippen LogP contribution in [0.4, 0.5) is 18.9 Å². The summed E-state index contributed by atoms with van der Waals surface area (Å²) < 4.78 is 42.7. The summed E-state index contributed by atoms with van der Waals surface area (Å²) in [5.41, 5.74) is 5.33. The van der Waals surface area contributed by atoms with Gasteiger partial charge >= 0.3 is 6.36 Å². The zero-order valence-electron chi connectivity index (χ0n) is 23.3. The smallest absolute Gasteiger partial charge is 0.406 e. The number of amides is 1. The van der Waals surface area contributed by atoms with Crippen LogP contribution in [0.5, 0.6) is 5.75 Å². The van der Waals surface area contributed by atoms with Gasteiger partial charge in [-0.15, -0.1) is 18.3 Å². The van der Waals surface area contributed by atoms with Gasteiger partial charge in [0.2, 0.25) is 5.91 Å². The number of hydrogen-bond donors (Lipinski definition) is 1. The lowest BCUT2D eigenvalue weighted by atomic mass is 10.1.